The smallest absolute Gasteiger partial charge is 0.274 e. The van der Waals surface area contributed by atoms with Crippen LogP contribution in [0.15, 0.2) is 24.4 Å². The molecular formula is C23H35N5O2. The Bertz CT molecular complexity index is 848. The highest BCUT2D eigenvalue weighted by molar-refractivity contribution is 5.95. The molecule has 2 aliphatic rings. The van der Waals surface area contributed by atoms with Crippen LogP contribution >= 0.6 is 0 Å². The van der Waals surface area contributed by atoms with E-state index in [2.05, 4.69) is 29.5 Å². The number of pyridine rings is 1. The van der Waals surface area contributed by atoms with E-state index >= 15 is 0 Å². The Morgan fingerprint density at radius 2 is 1.83 bits per heavy atom. The molecule has 0 atom stereocenters. The maximum atomic E-state index is 12.4. The number of piperazine rings is 1. The summed E-state index contributed by atoms with van der Waals surface area (Å²) in [6.07, 6.45) is 9.09. The number of amides is 2. The van der Waals surface area contributed by atoms with Crippen LogP contribution in [0.1, 0.15) is 66.9 Å². The zero-order chi connectivity index (χ0) is 21.5. The van der Waals surface area contributed by atoms with Crippen LogP contribution in [-0.4, -0.2) is 59.3 Å². The number of nitrogens with zero attached hydrogens (tertiary/aromatic N) is 3. The van der Waals surface area contributed by atoms with Gasteiger partial charge in [-0.25, -0.2) is 4.98 Å². The van der Waals surface area contributed by atoms with Gasteiger partial charge in [-0.15, -0.1) is 0 Å². The molecule has 0 aromatic carbocycles. The second-order valence-corrected chi connectivity index (χ2v) is 8.53. The van der Waals surface area contributed by atoms with Crippen LogP contribution in [0, 0.1) is 11.8 Å². The largest absolute Gasteiger partial charge is 0.354 e. The highest BCUT2D eigenvalue weighted by Gasteiger charge is 2.21. The molecule has 0 bridgehead atoms. The molecule has 2 aromatic heterocycles. The number of hydrogen-bond donors (Lipinski definition) is 2. The van der Waals surface area contributed by atoms with Crippen molar-refractivity contribution in [2.75, 3.05) is 33.2 Å². The number of rotatable bonds is 3. The Labute approximate surface area is 179 Å². The highest BCUT2D eigenvalue weighted by atomic mass is 16.2. The standard InChI is InChI=1S/C14H17N5O2.C9H18/c1-15-13(20)11-3-2-4-12-17-10(9-19(11)12)14(21)18-7-5-16-6-8-18;1-8(2)9-6-4-3-5-7-9/h2-4,9,16H,5-8H2,1H3,(H,15,20);8-9H,3-7H2,1-2H3. The van der Waals surface area contributed by atoms with Crippen LogP contribution < -0.4 is 10.6 Å². The molecule has 7 nitrogen and oxygen atoms in total. The lowest BCUT2D eigenvalue weighted by atomic mass is 9.82. The fraction of sp³-hybridized carbons (Fsp3) is 0.609. The zero-order valence-electron chi connectivity index (χ0n) is 18.5. The average molecular weight is 414 g/mol. The van der Waals surface area contributed by atoms with E-state index in [0.717, 1.165) is 24.9 Å². The highest BCUT2D eigenvalue weighted by Crippen LogP contribution is 2.29. The number of nitrogens with one attached hydrogen (secondary N) is 2. The molecule has 30 heavy (non-hydrogen) atoms. The van der Waals surface area contributed by atoms with E-state index in [0.29, 0.717) is 30.1 Å². The summed E-state index contributed by atoms with van der Waals surface area (Å²) in [4.78, 5) is 30.4. The molecule has 3 heterocycles. The average Bonchev–Trinajstić information content (AvgIpc) is 3.24. The minimum atomic E-state index is -0.209. The van der Waals surface area contributed by atoms with Gasteiger partial charge in [-0.05, 0) is 24.0 Å². The minimum Gasteiger partial charge on any atom is -0.354 e. The van der Waals surface area contributed by atoms with Gasteiger partial charge in [0.2, 0.25) is 0 Å². The van der Waals surface area contributed by atoms with Gasteiger partial charge >= 0.3 is 0 Å². The van der Waals surface area contributed by atoms with Crippen LogP contribution in [0.4, 0.5) is 0 Å². The lowest BCUT2D eigenvalue weighted by Gasteiger charge is -2.26. The zero-order valence-corrected chi connectivity index (χ0v) is 18.5. The molecule has 2 N–H and O–H groups in total. The molecule has 7 heteroatoms. The first kappa shape index (κ1) is 22.3. The van der Waals surface area contributed by atoms with Crippen LogP contribution in [0.25, 0.3) is 5.65 Å². The Balaban J connectivity index is 0.000000239. The molecule has 4 rings (SSSR count). The van der Waals surface area contributed by atoms with Crippen LogP contribution in [0.2, 0.25) is 0 Å². The van der Waals surface area contributed by atoms with Gasteiger partial charge < -0.3 is 15.5 Å². The van der Waals surface area contributed by atoms with Crippen molar-refractivity contribution in [2.24, 2.45) is 11.8 Å². The molecule has 2 fully saturated rings. The summed E-state index contributed by atoms with van der Waals surface area (Å²) < 4.78 is 1.65. The van der Waals surface area contributed by atoms with E-state index < -0.39 is 0 Å². The number of carbonyl (C=O) groups is 2. The second-order valence-electron chi connectivity index (χ2n) is 8.53. The van der Waals surface area contributed by atoms with Gasteiger partial charge in [-0.1, -0.05) is 52.0 Å². The monoisotopic (exact) mass is 413 g/mol. The Morgan fingerprint density at radius 1 is 1.13 bits per heavy atom. The summed E-state index contributed by atoms with van der Waals surface area (Å²) in [6, 6.07) is 5.24. The first-order valence-corrected chi connectivity index (χ1v) is 11.2. The maximum absolute atomic E-state index is 12.4. The molecule has 2 aromatic rings. The maximum Gasteiger partial charge on any atom is 0.274 e. The van der Waals surface area contributed by atoms with Gasteiger partial charge in [0.05, 0.1) is 0 Å². The Hall–Kier alpha value is -2.41. The quantitative estimate of drug-likeness (QED) is 0.811. The van der Waals surface area contributed by atoms with Crippen molar-refractivity contribution in [1.29, 1.82) is 0 Å². The van der Waals surface area contributed by atoms with E-state index in [4.69, 9.17) is 0 Å². The molecule has 1 saturated heterocycles. The molecule has 1 saturated carbocycles. The van der Waals surface area contributed by atoms with E-state index in [9.17, 15) is 9.59 Å². The lowest BCUT2D eigenvalue weighted by Crippen LogP contribution is -2.46. The third kappa shape index (κ3) is 5.39. The summed E-state index contributed by atoms with van der Waals surface area (Å²) in [5, 5.41) is 5.79. The fourth-order valence-corrected chi connectivity index (χ4v) is 4.26. The molecule has 0 spiro atoms. The lowest BCUT2D eigenvalue weighted by molar-refractivity contribution is 0.0730. The molecule has 0 unspecified atom stereocenters. The first-order valence-electron chi connectivity index (χ1n) is 11.2. The third-order valence-electron chi connectivity index (χ3n) is 6.17. The van der Waals surface area contributed by atoms with Crippen molar-refractivity contribution in [3.63, 3.8) is 0 Å². The van der Waals surface area contributed by atoms with Crippen molar-refractivity contribution in [1.82, 2.24) is 24.9 Å². The molecule has 0 radical (unpaired) electrons. The Morgan fingerprint density at radius 3 is 2.43 bits per heavy atom. The SMILES string of the molecule is CC(C)C1CCCCC1.CNC(=O)c1cccc2nc(C(=O)N3CCNCC3)cn12. The van der Waals surface area contributed by atoms with Gasteiger partial charge in [-0.2, -0.15) is 0 Å². The summed E-state index contributed by atoms with van der Waals surface area (Å²) in [6.45, 7) is 7.65. The summed E-state index contributed by atoms with van der Waals surface area (Å²) in [5.74, 6) is 1.69. The van der Waals surface area contributed by atoms with Crippen molar-refractivity contribution in [3.05, 3.63) is 35.8 Å². The second kappa shape index (κ2) is 10.6. The van der Waals surface area contributed by atoms with E-state index in [1.165, 1.54) is 32.1 Å². The van der Waals surface area contributed by atoms with Gasteiger partial charge in [0.15, 0.2) is 0 Å². The predicted molar refractivity (Wildman–Crippen MR) is 119 cm³/mol. The Kier molecular flexibility index (Phi) is 7.85. The van der Waals surface area contributed by atoms with E-state index in [-0.39, 0.29) is 11.8 Å². The van der Waals surface area contributed by atoms with Gasteiger partial charge in [0.1, 0.15) is 17.0 Å². The fourth-order valence-electron chi connectivity index (χ4n) is 4.26. The van der Waals surface area contributed by atoms with Gasteiger partial charge in [0, 0.05) is 39.4 Å². The number of imidazole rings is 1. The number of fused-ring (bicyclic) bond motifs is 1. The summed E-state index contributed by atoms with van der Waals surface area (Å²) in [7, 11) is 1.57. The molecule has 1 aliphatic carbocycles. The summed E-state index contributed by atoms with van der Waals surface area (Å²) >= 11 is 0. The number of carbonyl (C=O) groups excluding carboxylic acids is 2. The number of aromatic nitrogens is 2. The minimum absolute atomic E-state index is 0.0944. The summed E-state index contributed by atoms with van der Waals surface area (Å²) in [5.41, 5.74) is 1.42. The van der Waals surface area contributed by atoms with Crippen molar-refractivity contribution >= 4 is 17.5 Å². The predicted octanol–water partition coefficient (Wildman–Crippen LogP) is 2.96. The van der Waals surface area contributed by atoms with Crippen molar-refractivity contribution in [3.8, 4) is 0 Å². The first-order chi connectivity index (χ1) is 14.5. The van der Waals surface area contributed by atoms with E-state index in [1.54, 1.807) is 40.7 Å². The third-order valence-corrected chi connectivity index (χ3v) is 6.17. The van der Waals surface area contributed by atoms with E-state index in [1.807, 2.05) is 0 Å². The molecular weight excluding hydrogens is 378 g/mol. The topological polar surface area (TPSA) is 78.7 Å². The van der Waals surface area contributed by atoms with Crippen molar-refractivity contribution in [2.45, 2.75) is 46.0 Å². The van der Waals surface area contributed by atoms with Gasteiger partial charge in [-0.3, -0.25) is 14.0 Å². The molecule has 164 valence electrons. The van der Waals surface area contributed by atoms with Crippen LogP contribution in [0.5, 0.6) is 0 Å². The molecule has 1 aliphatic heterocycles. The normalized spacial score (nSPS) is 17.5. The number of hydrogen-bond acceptors (Lipinski definition) is 4. The van der Waals surface area contributed by atoms with Gasteiger partial charge in [0.25, 0.3) is 11.8 Å². The molecule has 2 amide bonds. The van der Waals surface area contributed by atoms with Crippen LogP contribution in [-0.2, 0) is 0 Å². The van der Waals surface area contributed by atoms with Crippen LogP contribution in [0.3, 0.4) is 0 Å². The van der Waals surface area contributed by atoms with Crippen molar-refractivity contribution < 1.29 is 9.59 Å².